The summed E-state index contributed by atoms with van der Waals surface area (Å²) in [6.07, 6.45) is 2.07. The molecular weight excluding hydrogens is 799 g/mol. The Hall–Kier alpha value is -5.03. The largest absolute Gasteiger partial charge is 0.349 e. The minimum absolute atomic E-state index is 0.0213. The molecule has 8 bridgehead atoms. The van der Waals surface area contributed by atoms with Crippen LogP contribution in [0.2, 0.25) is 0 Å². The number of aromatic nitrogens is 4. The zero-order valence-electron chi connectivity index (χ0n) is 33.5. The van der Waals surface area contributed by atoms with Crippen molar-refractivity contribution >= 4 is 50.3 Å². The van der Waals surface area contributed by atoms with Crippen molar-refractivity contribution in [1.29, 1.82) is 0 Å². The molecule has 2 aromatic heterocycles. The number of carbonyl (C=O) groups excluding carboxylic acids is 3. The van der Waals surface area contributed by atoms with E-state index in [9.17, 15) is 31.6 Å². The number of rotatable bonds is 7. The molecule has 0 radical (unpaired) electrons. The molecule has 8 rings (SSSR count). The number of amides is 3. The number of alkyl halides is 2. The summed E-state index contributed by atoms with van der Waals surface area (Å²) < 4.78 is 56.1. The van der Waals surface area contributed by atoms with E-state index in [0.717, 1.165) is 22.4 Å². The molecule has 1 saturated heterocycles. The number of nitrogens with one attached hydrogen (secondary N) is 3. The summed E-state index contributed by atoms with van der Waals surface area (Å²) in [5.41, 5.74) is 1.34. The maximum atomic E-state index is 15.0. The van der Waals surface area contributed by atoms with Crippen LogP contribution < -0.4 is 15.4 Å². The van der Waals surface area contributed by atoms with Gasteiger partial charge in [-0.3, -0.25) is 19.1 Å². The Labute approximate surface area is 346 Å². The average molecular weight is 847 g/mol. The number of benzene rings is 2. The van der Waals surface area contributed by atoms with Gasteiger partial charge in [0, 0.05) is 34.9 Å². The van der Waals surface area contributed by atoms with Gasteiger partial charge in [0.25, 0.3) is 5.91 Å². The standard InChI is InChI=1S/C42H48F2N8O5S2/c1-40(2,3)34-37(54)51-22-27(20-30(51)36(53)47-42(21-29(42)35(43)44)38(55)50-59(56,57)28-16-17-28)52-48-32(25-13-7-6-8-14-25)33(49-52)26-15-9-11-24(19-26)12-10-18-41(4,5)31-23-58-39(45-31)46-34/h6-15,19,23,27-30,34-35H,16-18,20-22H2,1-5H3,(H,45,46)(H,47,53)(H,50,55)/b12-10+/t27-,29+,30+,34-,42-/m1/s1. The van der Waals surface area contributed by atoms with Crippen LogP contribution in [0.25, 0.3) is 28.6 Å². The summed E-state index contributed by atoms with van der Waals surface area (Å²) in [4.78, 5) is 50.9. The number of halogens is 2. The SMILES string of the molecule is CC1(C)C/C=C/c2cccc(c2)-c2nn(nc2-c2ccccc2)[C@@H]2C[C@@H](C(=O)N[C@]3(C(=O)NS(=O)(=O)C4CC4)C[C@H]3C(F)F)N(C2)C(=O)[C@H](C(C)(C)C)Nc2nc1cs2. The molecule has 4 aliphatic rings. The lowest BCUT2D eigenvalue weighted by Gasteiger charge is -2.35. The minimum atomic E-state index is -4.11. The maximum absolute atomic E-state index is 15.0. The molecular formula is C42H48F2N8O5S2. The number of anilines is 1. The van der Waals surface area contributed by atoms with Gasteiger partial charge >= 0.3 is 0 Å². The van der Waals surface area contributed by atoms with Crippen LogP contribution in [0.1, 0.15) is 84.0 Å². The molecule has 0 spiro atoms. The van der Waals surface area contributed by atoms with Crippen LogP contribution >= 0.6 is 11.3 Å². The van der Waals surface area contributed by atoms with E-state index in [4.69, 9.17) is 15.2 Å². The van der Waals surface area contributed by atoms with Gasteiger partial charge in [-0.2, -0.15) is 15.0 Å². The molecule has 0 unspecified atom stereocenters. The van der Waals surface area contributed by atoms with Crippen molar-refractivity contribution in [1.82, 2.24) is 34.9 Å². The summed E-state index contributed by atoms with van der Waals surface area (Å²) in [7, 11) is -4.11. The molecule has 2 saturated carbocycles. The third kappa shape index (κ3) is 8.02. The van der Waals surface area contributed by atoms with E-state index >= 15 is 0 Å². The fourth-order valence-electron chi connectivity index (χ4n) is 7.95. The molecule has 3 fully saturated rings. The van der Waals surface area contributed by atoms with Crippen LogP contribution in [0.3, 0.4) is 0 Å². The summed E-state index contributed by atoms with van der Waals surface area (Å²) in [6.45, 7) is 9.85. The van der Waals surface area contributed by atoms with Gasteiger partial charge in [0.05, 0.1) is 22.9 Å². The van der Waals surface area contributed by atoms with Gasteiger partial charge < -0.3 is 15.5 Å². The van der Waals surface area contributed by atoms with Crippen molar-refractivity contribution in [3.8, 4) is 22.5 Å². The number of carbonyl (C=O) groups is 3. The van der Waals surface area contributed by atoms with Crippen molar-refractivity contribution in [2.45, 2.75) is 107 Å². The van der Waals surface area contributed by atoms with Crippen molar-refractivity contribution in [2.24, 2.45) is 11.3 Å². The molecule has 3 amide bonds. The van der Waals surface area contributed by atoms with Gasteiger partial charge in [0.15, 0.2) is 5.13 Å². The van der Waals surface area contributed by atoms with Gasteiger partial charge in [0.2, 0.25) is 28.3 Å². The molecule has 17 heteroatoms. The summed E-state index contributed by atoms with van der Waals surface area (Å²) in [5.74, 6) is -4.12. The first kappa shape index (κ1) is 40.7. The Kier molecular flexibility index (Phi) is 10.3. The van der Waals surface area contributed by atoms with Gasteiger partial charge in [0.1, 0.15) is 29.0 Å². The number of nitrogens with zero attached hydrogens (tertiary/aromatic N) is 5. The molecule has 59 heavy (non-hydrogen) atoms. The highest BCUT2D eigenvalue weighted by Gasteiger charge is 2.67. The first-order valence-electron chi connectivity index (χ1n) is 19.8. The van der Waals surface area contributed by atoms with Crippen molar-refractivity contribution < 1.29 is 31.6 Å². The van der Waals surface area contributed by atoms with Crippen molar-refractivity contribution in [3.05, 3.63) is 77.3 Å². The molecule has 2 aromatic carbocycles. The predicted octanol–water partition coefficient (Wildman–Crippen LogP) is 6.18. The third-order valence-corrected chi connectivity index (χ3v) is 14.4. The fourth-order valence-corrected chi connectivity index (χ4v) is 10.3. The lowest BCUT2D eigenvalue weighted by molar-refractivity contribution is -0.141. The van der Waals surface area contributed by atoms with E-state index in [2.05, 4.69) is 36.6 Å². The van der Waals surface area contributed by atoms with Gasteiger partial charge in [-0.25, -0.2) is 22.2 Å². The lowest BCUT2D eigenvalue weighted by atomic mass is 9.85. The van der Waals surface area contributed by atoms with E-state index in [1.165, 1.54) is 21.0 Å². The van der Waals surface area contributed by atoms with Crippen molar-refractivity contribution in [2.75, 3.05) is 11.9 Å². The van der Waals surface area contributed by atoms with Crippen molar-refractivity contribution in [3.63, 3.8) is 0 Å². The Balaban J connectivity index is 1.22. The monoisotopic (exact) mass is 846 g/mol. The first-order chi connectivity index (χ1) is 27.9. The highest BCUT2D eigenvalue weighted by molar-refractivity contribution is 7.91. The normalized spacial score (nSPS) is 26.0. The Morgan fingerprint density at radius 3 is 2.37 bits per heavy atom. The first-order valence-corrected chi connectivity index (χ1v) is 22.3. The Morgan fingerprint density at radius 1 is 1.02 bits per heavy atom. The van der Waals surface area contributed by atoms with Crippen LogP contribution in [0.4, 0.5) is 13.9 Å². The van der Waals surface area contributed by atoms with Gasteiger partial charge in [-0.15, -0.1) is 11.3 Å². The minimum Gasteiger partial charge on any atom is -0.349 e. The second-order valence-corrected chi connectivity index (χ2v) is 20.7. The summed E-state index contributed by atoms with van der Waals surface area (Å²) >= 11 is 1.37. The molecule has 3 N–H and O–H groups in total. The average Bonchev–Trinajstić information content (AvgIpc) is 3.99. The molecule has 4 heterocycles. The number of sulfonamides is 1. The molecule has 312 valence electrons. The molecule has 2 aliphatic heterocycles. The van der Waals surface area contributed by atoms with Crippen LogP contribution in [0, 0.1) is 11.3 Å². The Morgan fingerprint density at radius 2 is 1.71 bits per heavy atom. The quantitative estimate of drug-likeness (QED) is 0.197. The maximum Gasteiger partial charge on any atom is 0.259 e. The highest BCUT2D eigenvalue weighted by atomic mass is 32.2. The number of hydrogen-bond acceptors (Lipinski definition) is 10. The van der Waals surface area contributed by atoms with E-state index < -0.39 is 80.8 Å². The lowest BCUT2D eigenvalue weighted by Crippen LogP contribution is -2.59. The molecule has 4 aromatic rings. The second kappa shape index (κ2) is 14.9. The zero-order valence-corrected chi connectivity index (χ0v) is 35.1. The van der Waals surface area contributed by atoms with E-state index in [1.54, 1.807) is 0 Å². The van der Waals surface area contributed by atoms with E-state index in [1.807, 2.05) is 85.5 Å². The van der Waals surface area contributed by atoms with E-state index in [0.29, 0.717) is 35.8 Å². The fraction of sp³-hybridized carbons (Fsp3) is 0.476. The number of fused-ring (bicyclic) bond motifs is 10. The topological polar surface area (TPSA) is 168 Å². The third-order valence-electron chi connectivity index (χ3n) is 11.8. The van der Waals surface area contributed by atoms with Crippen LogP contribution in [0.15, 0.2) is 66.1 Å². The second-order valence-electron chi connectivity index (χ2n) is 17.9. The smallest absolute Gasteiger partial charge is 0.259 e. The number of thiazole rings is 1. The predicted molar refractivity (Wildman–Crippen MR) is 221 cm³/mol. The van der Waals surface area contributed by atoms with Gasteiger partial charge in [-0.05, 0) is 42.7 Å². The molecule has 5 atom stereocenters. The van der Waals surface area contributed by atoms with Crippen LogP contribution in [-0.4, -0.2) is 86.9 Å². The highest BCUT2D eigenvalue weighted by Crippen LogP contribution is 2.49. The molecule has 2 aliphatic carbocycles. The summed E-state index contributed by atoms with van der Waals surface area (Å²) in [5, 5.41) is 17.6. The van der Waals surface area contributed by atoms with Gasteiger partial charge in [-0.1, -0.05) is 95.3 Å². The van der Waals surface area contributed by atoms with Crippen LogP contribution in [0.5, 0.6) is 0 Å². The number of allylic oxidation sites excluding steroid dienone is 1. The molecule has 13 nitrogen and oxygen atoms in total. The number of hydrogen-bond donors (Lipinski definition) is 3. The Bertz CT molecular complexity index is 2420. The van der Waals surface area contributed by atoms with E-state index in [-0.39, 0.29) is 18.4 Å². The summed E-state index contributed by atoms with van der Waals surface area (Å²) in [6, 6.07) is 14.7. The zero-order chi connectivity index (χ0) is 42.1. The van der Waals surface area contributed by atoms with Crippen LogP contribution in [-0.2, 0) is 29.8 Å².